The second-order valence-electron chi connectivity index (χ2n) is 3.82. The molecule has 0 spiro atoms. The van der Waals surface area contributed by atoms with E-state index < -0.39 is 5.82 Å². The van der Waals surface area contributed by atoms with Crippen LogP contribution in [0.3, 0.4) is 0 Å². The van der Waals surface area contributed by atoms with E-state index in [1.165, 1.54) is 12.1 Å². The van der Waals surface area contributed by atoms with Crippen LogP contribution in [-0.4, -0.2) is 17.3 Å². The van der Waals surface area contributed by atoms with Crippen molar-refractivity contribution in [3.05, 3.63) is 23.0 Å². The number of rotatable bonds is 2. The second kappa shape index (κ2) is 3.87. The summed E-state index contributed by atoms with van der Waals surface area (Å²) in [5, 5.41) is 12.2. The zero-order chi connectivity index (χ0) is 11.0. The number of halogens is 2. The van der Waals surface area contributed by atoms with Crippen molar-refractivity contribution in [2.75, 3.05) is 11.1 Å². The molecule has 1 aromatic rings. The van der Waals surface area contributed by atoms with E-state index >= 15 is 0 Å². The van der Waals surface area contributed by atoms with Crippen LogP contribution in [0.1, 0.15) is 12.8 Å². The van der Waals surface area contributed by atoms with Gasteiger partial charge in [0.25, 0.3) is 0 Å². The van der Waals surface area contributed by atoms with Crippen LogP contribution in [0, 0.1) is 5.82 Å². The van der Waals surface area contributed by atoms with E-state index in [1.807, 2.05) is 0 Å². The van der Waals surface area contributed by atoms with Gasteiger partial charge in [0.1, 0.15) is 5.82 Å². The first-order chi connectivity index (χ1) is 7.06. The van der Waals surface area contributed by atoms with E-state index in [4.69, 9.17) is 22.4 Å². The molecular formula is C10H12ClFN2O. The normalized spacial score (nSPS) is 24.7. The fourth-order valence-electron chi connectivity index (χ4n) is 1.61. The van der Waals surface area contributed by atoms with Gasteiger partial charge in [-0.05, 0) is 18.9 Å². The first-order valence-electron chi connectivity index (χ1n) is 4.75. The molecule has 2 rings (SSSR count). The Morgan fingerprint density at radius 2 is 2.13 bits per heavy atom. The van der Waals surface area contributed by atoms with Crippen LogP contribution in [0.5, 0.6) is 0 Å². The van der Waals surface area contributed by atoms with Gasteiger partial charge in [0, 0.05) is 12.1 Å². The molecule has 1 fully saturated rings. The molecule has 0 amide bonds. The van der Waals surface area contributed by atoms with Crippen LogP contribution >= 0.6 is 11.6 Å². The Hall–Kier alpha value is -1.00. The number of benzene rings is 1. The predicted molar refractivity (Wildman–Crippen MR) is 58.5 cm³/mol. The standard InChI is InChI=1S/C10H12ClFN2O/c11-7-3-9(13)10(4-8(7)12)14-5-1-6(15)2-5/h3-6,14-15H,1-2,13H2. The number of nitrogens with one attached hydrogen (secondary N) is 1. The van der Waals surface area contributed by atoms with E-state index in [0.29, 0.717) is 24.2 Å². The highest BCUT2D eigenvalue weighted by Crippen LogP contribution is 2.30. The lowest BCUT2D eigenvalue weighted by atomic mass is 9.89. The smallest absolute Gasteiger partial charge is 0.143 e. The van der Waals surface area contributed by atoms with Gasteiger partial charge in [-0.25, -0.2) is 4.39 Å². The zero-order valence-corrected chi connectivity index (χ0v) is 8.76. The molecule has 0 aromatic heterocycles. The lowest BCUT2D eigenvalue weighted by Gasteiger charge is -2.33. The molecule has 0 aliphatic heterocycles. The third kappa shape index (κ3) is 2.16. The minimum Gasteiger partial charge on any atom is -0.397 e. The highest BCUT2D eigenvalue weighted by atomic mass is 35.5. The first kappa shape index (κ1) is 10.5. The van der Waals surface area contributed by atoms with Crippen molar-refractivity contribution >= 4 is 23.0 Å². The fraction of sp³-hybridized carbons (Fsp3) is 0.400. The Morgan fingerprint density at radius 1 is 1.47 bits per heavy atom. The molecule has 0 heterocycles. The quantitative estimate of drug-likeness (QED) is 0.681. The van der Waals surface area contributed by atoms with E-state index in [0.717, 1.165) is 0 Å². The number of nitrogens with two attached hydrogens (primary N) is 1. The summed E-state index contributed by atoms with van der Waals surface area (Å²) in [7, 11) is 0. The van der Waals surface area contributed by atoms with Crippen molar-refractivity contribution < 1.29 is 9.50 Å². The van der Waals surface area contributed by atoms with Gasteiger partial charge >= 0.3 is 0 Å². The van der Waals surface area contributed by atoms with Crippen LogP contribution in [0.4, 0.5) is 15.8 Å². The molecular weight excluding hydrogens is 219 g/mol. The SMILES string of the molecule is Nc1cc(Cl)c(F)cc1NC1CC(O)C1. The summed E-state index contributed by atoms with van der Waals surface area (Å²) in [6.07, 6.45) is 1.09. The lowest BCUT2D eigenvalue weighted by molar-refractivity contribution is 0.0837. The van der Waals surface area contributed by atoms with Gasteiger partial charge in [-0.1, -0.05) is 11.6 Å². The highest BCUT2D eigenvalue weighted by Gasteiger charge is 2.27. The van der Waals surface area contributed by atoms with Crippen molar-refractivity contribution in [2.24, 2.45) is 0 Å². The number of nitrogen functional groups attached to an aromatic ring is 1. The Kier molecular flexibility index (Phi) is 2.71. The molecule has 4 N–H and O–H groups in total. The average Bonchev–Trinajstić information content (AvgIpc) is 2.11. The van der Waals surface area contributed by atoms with Crippen LogP contribution in [0.2, 0.25) is 5.02 Å². The Labute approximate surface area is 92.0 Å². The monoisotopic (exact) mass is 230 g/mol. The average molecular weight is 231 g/mol. The molecule has 5 heteroatoms. The molecule has 0 unspecified atom stereocenters. The van der Waals surface area contributed by atoms with Gasteiger partial charge in [0.15, 0.2) is 0 Å². The van der Waals surface area contributed by atoms with Crippen molar-refractivity contribution in [3.8, 4) is 0 Å². The zero-order valence-electron chi connectivity index (χ0n) is 8.00. The van der Waals surface area contributed by atoms with Gasteiger partial charge in [-0.3, -0.25) is 0 Å². The maximum absolute atomic E-state index is 13.1. The van der Waals surface area contributed by atoms with Crippen molar-refractivity contribution in [3.63, 3.8) is 0 Å². The van der Waals surface area contributed by atoms with Gasteiger partial charge in [0.05, 0.1) is 22.5 Å². The molecule has 1 aliphatic rings. The summed E-state index contributed by atoms with van der Waals surface area (Å²) < 4.78 is 13.1. The Bertz CT molecular complexity index is 380. The van der Waals surface area contributed by atoms with Crippen molar-refractivity contribution in [2.45, 2.75) is 25.0 Å². The molecule has 0 saturated heterocycles. The topological polar surface area (TPSA) is 58.3 Å². The van der Waals surface area contributed by atoms with E-state index in [-0.39, 0.29) is 17.2 Å². The Morgan fingerprint density at radius 3 is 2.73 bits per heavy atom. The maximum atomic E-state index is 13.1. The van der Waals surface area contributed by atoms with Crippen molar-refractivity contribution in [1.29, 1.82) is 0 Å². The third-order valence-electron chi connectivity index (χ3n) is 2.57. The van der Waals surface area contributed by atoms with Crippen LogP contribution in [0.25, 0.3) is 0 Å². The summed E-state index contributed by atoms with van der Waals surface area (Å²) in [5.41, 5.74) is 6.63. The molecule has 15 heavy (non-hydrogen) atoms. The Balaban J connectivity index is 2.11. The number of aliphatic hydroxyl groups is 1. The summed E-state index contributed by atoms with van der Waals surface area (Å²) in [6, 6.07) is 2.83. The maximum Gasteiger partial charge on any atom is 0.143 e. The minimum absolute atomic E-state index is 0.0201. The summed E-state index contributed by atoms with van der Waals surface area (Å²) in [4.78, 5) is 0. The molecule has 3 nitrogen and oxygen atoms in total. The number of hydrogen-bond acceptors (Lipinski definition) is 3. The van der Waals surface area contributed by atoms with E-state index in [1.54, 1.807) is 0 Å². The predicted octanol–water partition coefficient (Wildman–Crippen LogP) is 2.00. The van der Waals surface area contributed by atoms with Crippen LogP contribution < -0.4 is 11.1 Å². The van der Waals surface area contributed by atoms with Crippen LogP contribution in [-0.2, 0) is 0 Å². The molecule has 1 saturated carbocycles. The molecule has 1 aromatic carbocycles. The van der Waals surface area contributed by atoms with E-state index in [2.05, 4.69) is 5.32 Å². The summed E-state index contributed by atoms with van der Waals surface area (Å²) in [6.45, 7) is 0. The van der Waals surface area contributed by atoms with Gasteiger partial charge in [-0.15, -0.1) is 0 Å². The lowest BCUT2D eigenvalue weighted by Crippen LogP contribution is -2.39. The first-order valence-corrected chi connectivity index (χ1v) is 5.13. The van der Waals surface area contributed by atoms with E-state index in [9.17, 15) is 4.39 Å². The van der Waals surface area contributed by atoms with Gasteiger partial charge in [-0.2, -0.15) is 0 Å². The molecule has 0 bridgehead atoms. The van der Waals surface area contributed by atoms with Gasteiger partial charge in [0.2, 0.25) is 0 Å². The number of anilines is 2. The summed E-state index contributed by atoms with van der Waals surface area (Å²) in [5.74, 6) is -0.492. The number of aliphatic hydroxyl groups excluding tert-OH is 1. The fourth-order valence-corrected chi connectivity index (χ4v) is 1.78. The summed E-state index contributed by atoms with van der Waals surface area (Å²) >= 11 is 5.57. The largest absolute Gasteiger partial charge is 0.397 e. The van der Waals surface area contributed by atoms with Crippen molar-refractivity contribution in [1.82, 2.24) is 0 Å². The van der Waals surface area contributed by atoms with Crippen LogP contribution in [0.15, 0.2) is 12.1 Å². The molecule has 82 valence electrons. The minimum atomic E-state index is -0.492. The highest BCUT2D eigenvalue weighted by molar-refractivity contribution is 6.31. The third-order valence-corrected chi connectivity index (χ3v) is 2.85. The molecule has 1 aliphatic carbocycles. The number of hydrogen-bond donors (Lipinski definition) is 3. The second-order valence-corrected chi connectivity index (χ2v) is 4.23. The molecule has 0 atom stereocenters. The molecule has 0 radical (unpaired) electrons. The van der Waals surface area contributed by atoms with Gasteiger partial charge < -0.3 is 16.2 Å².